The Bertz CT molecular complexity index is 742. The number of amides is 1. The van der Waals surface area contributed by atoms with E-state index in [9.17, 15) is 4.79 Å². The van der Waals surface area contributed by atoms with E-state index in [0.29, 0.717) is 28.2 Å². The van der Waals surface area contributed by atoms with Gasteiger partial charge in [-0.15, -0.1) is 0 Å². The van der Waals surface area contributed by atoms with Crippen molar-refractivity contribution in [2.24, 2.45) is 11.5 Å². The lowest BCUT2D eigenvalue weighted by Gasteiger charge is -2.33. The third-order valence-corrected chi connectivity index (χ3v) is 5.66. The fourth-order valence-corrected chi connectivity index (χ4v) is 3.53. The van der Waals surface area contributed by atoms with Gasteiger partial charge in [-0.05, 0) is 29.8 Å². The van der Waals surface area contributed by atoms with E-state index < -0.39 is 0 Å². The van der Waals surface area contributed by atoms with Crippen LogP contribution in [-0.2, 0) is 16.1 Å². The molecule has 1 heterocycles. The molecular weight excluding hydrogens is 443 g/mol. The summed E-state index contributed by atoms with van der Waals surface area (Å²) in [5.74, 6) is 0.0901. The molecule has 0 bridgehead atoms. The van der Waals surface area contributed by atoms with Crippen molar-refractivity contribution in [2.75, 3.05) is 32.0 Å². The molecule has 154 valence electrons. The van der Waals surface area contributed by atoms with Gasteiger partial charge in [-0.1, -0.05) is 52.6 Å². The summed E-state index contributed by atoms with van der Waals surface area (Å²) in [6.45, 7) is 3.33. The van der Waals surface area contributed by atoms with E-state index >= 15 is 0 Å². The topological polar surface area (TPSA) is 93.6 Å². The van der Waals surface area contributed by atoms with Crippen molar-refractivity contribution in [3.8, 4) is 0 Å². The first-order valence-corrected chi connectivity index (χ1v) is 10.7. The molecule has 0 saturated carbocycles. The summed E-state index contributed by atoms with van der Waals surface area (Å²) in [4.78, 5) is 14.3. The number of hydrogen-bond donors (Lipinski definition) is 3. The number of halogens is 3. The maximum Gasteiger partial charge on any atom is 0.230 e. The minimum absolute atomic E-state index is 0.0719. The van der Waals surface area contributed by atoms with E-state index in [4.69, 9.17) is 51.0 Å². The Balaban J connectivity index is 1.73. The van der Waals surface area contributed by atoms with Gasteiger partial charge in [-0.2, -0.15) is 0 Å². The van der Waals surface area contributed by atoms with Crippen LogP contribution in [0, 0.1) is 0 Å². The lowest BCUT2D eigenvalue weighted by atomic mass is 10.2. The molecule has 28 heavy (non-hydrogen) atoms. The van der Waals surface area contributed by atoms with Crippen LogP contribution in [-0.4, -0.2) is 48.9 Å². The number of morpholine rings is 1. The van der Waals surface area contributed by atoms with Crippen LogP contribution < -0.4 is 16.8 Å². The lowest BCUT2D eigenvalue weighted by Crippen LogP contribution is -2.47. The van der Waals surface area contributed by atoms with Crippen LogP contribution >= 0.6 is 46.6 Å². The molecule has 0 spiro atoms. The molecule has 1 amide bonds. The van der Waals surface area contributed by atoms with E-state index in [1.54, 1.807) is 12.1 Å². The number of hydrogen-bond acceptors (Lipinski definition) is 6. The van der Waals surface area contributed by atoms with Gasteiger partial charge in [0.25, 0.3) is 0 Å². The number of nitrogens with zero attached hydrogens (tertiary/aromatic N) is 1. The number of nitrogens with two attached hydrogens (primary N) is 2. The molecule has 1 aromatic rings. The predicted octanol–water partition coefficient (Wildman–Crippen LogP) is 2.88. The lowest BCUT2D eigenvalue weighted by molar-refractivity contribution is -0.119. The highest BCUT2D eigenvalue weighted by Gasteiger charge is 2.21. The highest BCUT2D eigenvalue weighted by molar-refractivity contribution is 8.03. The summed E-state index contributed by atoms with van der Waals surface area (Å²) in [6, 6.07) is 5.63. The summed E-state index contributed by atoms with van der Waals surface area (Å²) in [7, 11) is 0. The Labute approximate surface area is 184 Å². The molecule has 0 aromatic heterocycles. The SMILES string of the molecule is N/C(Cl)=C\C=C(/N)SCC(=O)NCC1CN(Cc2ccc(Cl)c(Cl)c2)CCO1. The van der Waals surface area contributed by atoms with Crippen LogP contribution in [0.3, 0.4) is 0 Å². The number of allylic oxidation sites excluding steroid dienone is 2. The molecule has 5 N–H and O–H groups in total. The minimum Gasteiger partial charge on any atom is -0.394 e. The van der Waals surface area contributed by atoms with Gasteiger partial charge >= 0.3 is 0 Å². The summed E-state index contributed by atoms with van der Waals surface area (Å²) in [5.41, 5.74) is 12.2. The number of rotatable bonds is 8. The first-order valence-electron chi connectivity index (χ1n) is 8.59. The largest absolute Gasteiger partial charge is 0.394 e. The van der Waals surface area contributed by atoms with E-state index in [1.165, 1.54) is 17.8 Å². The molecule has 0 aliphatic carbocycles. The number of carbonyl (C=O) groups is 1. The van der Waals surface area contributed by atoms with Crippen molar-refractivity contribution >= 4 is 52.5 Å². The highest BCUT2D eigenvalue weighted by Crippen LogP contribution is 2.23. The monoisotopic (exact) mass is 464 g/mol. The van der Waals surface area contributed by atoms with E-state index in [0.717, 1.165) is 25.2 Å². The second-order valence-corrected chi connectivity index (χ2v) is 8.49. The Morgan fingerprint density at radius 3 is 2.82 bits per heavy atom. The first-order chi connectivity index (χ1) is 13.3. The smallest absolute Gasteiger partial charge is 0.230 e. The fraction of sp³-hybridized carbons (Fsp3) is 0.389. The van der Waals surface area contributed by atoms with Crippen molar-refractivity contribution in [1.29, 1.82) is 0 Å². The standard InChI is InChI=1S/C18H23Cl3N4O2S/c19-14-2-1-12(7-15(14)20)9-25-5-6-27-13(10-25)8-24-18(26)11-28-17(23)4-3-16(21)22/h1-4,7,13H,5-6,8-11,22-23H2,(H,24,26)/b16-3-,17-4+. The zero-order valence-electron chi connectivity index (χ0n) is 15.2. The molecule has 1 saturated heterocycles. The fourth-order valence-electron chi connectivity index (χ4n) is 2.58. The first kappa shape index (κ1) is 23.2. The molecule has 6 nitrogen and oxygen atoms in total. The molecule has 1 unspecified atom stereocenters. The molecule has 0 radical (unpaired) electrons. The van der Waals surface area contributed by atoms with Gasteiger partial charge in [-0.25, -0.2) is 0 Å². The maximum atomic E-state index is 12.0. The van der Waals surface area contributed by atoms with Crippen LogP contribution in [0.2, 0.25) is 10.0 Å². The normalized spacial score (nSPS) is 18.9. The Kier molecular flexibility index (Phi) is 9.77. The third kappa shape index (κ3) is 8.51. The van der Waals surface area contributed by atoms with Crippen LogP contribution in [0.5, 0.6) is 0 Å². The minimum atomic E-state index is -0.116. The number of carbonyl (C=O) groups excluding carboxylic acids is 1. The van der Waals surface area contributed by atoms with Gasteiger partial charge in [0.15, 0.2) is 0 Å². The molecule has 2 rings (SSSR count). The van der Waals surface area contributed by atoms with Gasteiger partial charge in [0.05, 0.1) is 38.7 Å². The van der Waals surface area contributed by atoms with Gasteiger partial charge in [0.1, 0.15) is 0 Å². The Morgan fingerprint density at radius 2 is 2.11 bits per heavy atom. The average Bonchev–Trinajstić information content (AvgIpc) is 2.66. The molecular formula is C18H23Cl3N4O2S. The molecule has 1 atom stereocenters. The van der Waals surface area contributed by atoms with Crippen molar-refractivity contribution in [3.05, 3.63) is 56.1 Å². The molecule has 1 fully saturated rings. The summed E-state index contributed by atoms with van der Waals surface area (Å²) >= 11 is 18.8. The predicted molar refractivity (Wildman–Crippen MR) is 117 cm³/mol. The second-order valence-electron chi connectivity index (χ2n) is 6.19. The zero-order chi connectivity index (χ0) is 20.5. The molecule has 1 aliphatic rings. The quantitative estimate of drug-likeness (QED) is 0.404. The molecule has 1 aromatic carbocycles. The van der Waals surface area contributed by atoms with Gasteiger partial charge in [-0.3, -0.25) is 9.69 Å². The van der Waals surface area contributed by atoms with Crippen LogP contribution in [0.15, 0.2) is 40.5 Å². The van der Waals surface area contributed by atoms with Crippen LogP contribution in [0.4, 0.5) is 0 Å². The van der Waals surface area contributed by atoms with Crippen molar-refractivity contribution in [2.45, 2.75) is 12.6 Å². The van der Waals surface area contributed by atoms with E-state index in [-0.39, 0.29) is 22.9 Å². The number of ether oxygens (including phenoxy) is 1. The van der Waals surface area contributed by atoms with E-state index in [1.807, 2.05) is 12.1 Å². The third-order valence-electron chi connectivity index (χ3n) is 3.92. The molecule has 1 aliphatic heterocycles. The van der Waals surface area contributed by atoms with Crippen molar-refractivity contribution < 1.29 is 9.53 Å². The van der Waals surface area contributed by atoms with Crippen molar-refractivity contribution in [3.63, 3.8) is 0 Å². The van der Waals surface area contributed by atoms with Gasteiger partial charge < -0.3 is 21.5 Å². The number of benzene rings is 1. The average molecular weight is 466 g/mol. The molecule has 10 heteroatoms. The Morgan fingerprint density at radius 1 is 1.32 bits per heavy atom. The van der Waals surface area contributed by atoms with Gasteiger partial charge in [0, 0.05) is 26.2 Å². The van der Waals surface area contributed by atoms with Crippen LogP contribution in [0.25, 0.3) is 0 Å². The zero-order valence-corrected chi connectivity index (χ0v) is 18.3. The van der Waals surface area contributed by atoms with Crippen LogP contribution in [0.1, 0.15) is 5.56 Å². The number of nitrogens with one attached hydrogen (secondary N) is 1. The summed E-state index contributed by atoms with van der Waals surface area (Å²) in [5, 5.41) is 4.56. The Hall–Kier alpha value is -1.09. The second kappa shape index (κ2) is 11.8. The summed E-state index contributed by atoms with van der Waals surface area (Å²) < 4.78 is 5.75. The number of thioether (sulfide) groups is 1. The summed E-state index contributed by atoms with van der Waals surface area (Å²) in [6.07, 6.45) is 2.96. The van der Waals surface area contributed by atoms with Gasteiger partial charge in [0.2, 0.25) is 5.91 Å². The van der Waals surface area contributed by atoms with E-state index in [2.05, 4.69) is 10.2 Å². The van der Waals surface area contributed by atoms with Crippen molar-refractivity contribution in [1.82, 2.24) is 10.2 Å². The highest BCUT2D eigenvalue weighted by atomic mass is 35.5. The maximum absolute atomic E-state index is 12.0.